The van der Waals surface area contributed by atoms with E-state index < -0.39 is 18.5 Å². The number of imidazole rings is 1. The molecule has 2 aromatic heterocycles. The average Bonchev–Trinajstić information content (AvgIpc) is 3.15. The number of hydrogen-bond donors (Lipinski definition) is 3. The summed E-state index contributed by atoms with van der Waals surface area (Å²) in [5, 5.41) is 31.4. The van der Waals surface area contributed by atoms with Crippen molar-refractivity contribution >= 4 is 17.5 Å². The Morgan fingerprint density at radius 1 is 1.13 bits per heavy atom. The highest BCUT2D eigenvalue weighted by atomic mass is 19.1. The summed E-state index contributed by atoms with van der Waals surface area (Å²) < 4.78 is 14.5. The van der Waals surface area contributed by atoms with E-state index in [-0.39, 0.29) is 18.1 Å². The fraction of sp³-hybridized carbons (Fsp3) is 0.263. The number of aromatic nitrogens is 4. The van der Waals surface area contributed by atoms with Crippen molar-refractivity contribution in [3.8, 4) is 11.3 Å². The molecule has 2 atom stereocenters. The number of carbonyl (C=O) groups is 1. The van der Waals surface area contributed by atoms with Crippen molar-refractivity contribution in [1.82, 2.24) is 24.6 Å². The SMILES string of the molecule is CN1C(=O)c2c(ncn2CC(O)Nc2ccc(-c3ccc(F)cc3)nn2)N(C)C1O. The van der Waals surface area contributed by atoms with Crippen LogP contribution in [0.15, 0.2) is 42.7 Å². The molecule has 0 radical (unpaired) electrons. The molecule has 0 fully saturated rings. The first-order valence-electron chi connectivity index (χ1n) is 9.12. The van der Waals surface area contributed by atoms with Crippen molar-refractivity contribution in [2.45, 2.75) is 19.1 Å². The van der Waals surface area contributed by atoms with E-state index in [2.05, 4.69) is 20.5 Å². The Morgan fingerprint density at radius 2 is 1.87 bits per heavy atom. The summed E-state index contributed by atoms with van der Waals surface area (Å²) in [5.74, 6) is -0.0662. The molecule has 3 aromatic rings. The number of hydrogen-bond acceptors (Lipinski definition) is 8. The minimum absolute atomic E-state index is 0.0211. The maximum Gasteiger partial charge on any atom is 0.277 e. The zero-order chi connectivity index (χ0) is 21.4. The van der Waals surface area contributed by atoms with Gasteiger partial charge in [-0.25, -0.2) is 9.37 Å². The zero-order valence-corrected chi connectivity index (χ0v) is 16.3. The lowest BCUT2D eigenvalue weighted by Crippen LogP contribution is -2.52. The Hall–Kier alpha value is -3.57. The van der Waals surface area contributed by atoms with Gasteiger partial charge < -0.3 is 25.0 Å². The van der Waals surface area contributed by atoms with Crippen LogP contribution in [-0.4, -0.2) is 67.4 Å². The van der Waals surface area contributed by atoms with Crippen LogP contribution in [0.2, 0.25) is 0 Å². The van der Waals surface area contributed by atoms with Gasteiger partial charge in [0.1, 0.15) is 12.0 Å². The van der Waals surface area contributed by atoms with Crippen LogP contribution in [0.5, 0.6) is 0 Å². The van der Waals surface area contributed by atoms with Crippen LogP contribution in [0.1, 0.15) is 10.5 Å². The van der Waals surface area contributed by atoms with Gasteiger partial charge in [-0.05, 0) is 36.4 Å². The second-order valence-corrected chi connectivity index (χ2v) is 6.91. The molecule has 3 N–H and O–H groups in total. The number of nitrogens with zero attached hydrogens (tertiary/aromatic N) is 6. The highest BCUT2D eigenvalue weighted by Crippen LogP contribution is 2.27. The van der Waals surface area contributed by atoms with Crippen molar-refractivity contribution in [3.63, 3.8) is 0 Å². The summed E-state index contributed by atoms with van der Waals surface area (Å²) in [5.41, 5.74) is 1.55. The minimum Gasteiger partial charge on any atom is -0.372 e. The van der Waals surface area contributed by atoms with Gasteiger partial charge in [0.15, 0.2) is 17.3 Å². The van der Waals surface area contributed by atoms with E-state index >= 15 is 0 Å². The lowest BCUT2D eigenvalue weighted by atomic mass is 10.1. The Balaban J connectivity index is 1.46. The molecule has 0 spiro atoms. The van der Waals surface area contributed by atoms with Gasteiger partial charge in [-0.3, -0.25) is 9.69 Å². The van der Waals surface area contributed by atoms with Crippen molar-refractivity contribution in [2.24, 2.45) is 0 Å². The lowest BCUT2D eigenvalue weighted by molar-refractivity contribution is 0.0150. The molecular formula is C19H20FN7O3. The maximum atomic E-state index is 13.0. The number of anilines is 2. The number of aliphatic hydroxyl groups is 2. The van der Waals surface area contributed by atoms with Gasteiger partial charge in [-0.2, -0.15) is 0 Å². The molecule has 1 amide bonds. The van der Waals surface area contributed by atoms with Crippen LogP contribution in [-0.2, 0) is 6.54 Å². The third kappa shape index (κ3) is 3.55. The van der Waals surface area contributed by atoms with Gasteiger partial charge >= 0.3 is 0 Å². The number of aliphatic hydroxyl groups excluding tert-OH is 2. The number of rotatable bonds is 5. The Morgan fingerprint density at radius 3 is 2.53 bits per heavy atom. The first-order chi connectivity index (χ1) is 14.3. The fourth-order valence-corrected chi connectivity index (χ4v) is 3.21. The quantitative estimate of drug-likeness (QED) is 0.523. The van der Waals surface area contributed by atoms with E-state index in [4.69, 9.17) is 0 Å². The molecule has 0 saturated carbocycles. The summed E-state index contributed by atoms with van der Waals surface area (Å²) in [4.78, 5) is 19.3. The summed E-state index contributed by atoms with van der Waals surface area (Å²) in [6.45, 7) is 0.0211. The van der Waals surface area contributed by atoms with E-state index in [1.165, 1.54) is 39.9 Å². The van der Waals surface area contributed by atoms with Crippen molar-refractivity contribution in [3.05, 3.63) is 54.2 Å². The molecule has 156 valence electrons. The summed E-state index contributed by atoms with van der Waals surface area (Å²) >= 11 is 0. The molecule has 10 nitrogen and oxygen atoms in total. The average molecular weight is 413 g/mol. The van der Waals surface area contributed by atoms with Gasteiger partial charge in [-0.1, -0.05) is 0 Å². The third-order valence-electron chi connectivity index (χ3n) is 4.86. The van der Waals surface area contributed by atoms with Crippen LogP contribution < -0.4 is 10.2 Å². The molecule has 1 aliphatic heterocycles. The molecule has 0 saturated heterocycles. The summed E-state index contributed by atoms with van der Waals surface area (Å²) in [6.07, 6.45) is -0.755. The monoisotopic (exact) mass is 413 g/mol. The molecule has 30 heavy (non-hydrogen) atoms. The van der Waals surface area contributed by atoms with Crippen LogP contribution in [0.3, 0.4) is 0 Å². The molecular weight excluding hydrogens is 393 g/mol. The highest BCUT2D eigenvalue weighted by Gasteiger charge is 2.36. The van der Waals surface area contributed by atoms with Gasteiger partial charge in [0.25, 0.3) is 5.91 Å². The molecule has 3 heterocycles. The minimum atomic E-state index is -1.11. The van der Waals surface area contributed by atoms with Crippen molar-refractivity contribution in [2.75, 3.05) is 24.3 Å². The lowest BCUT2D eigenvalue weighted by Gasteiger charge is -2.36. The molecule has 1 aliphatic rings. The predicted octanol–water partition coefficient (Wildman–Crippen LogP) is 0.707. The Labute approximate surface area is 171 Å². The van der Waals surface area contributed by atoms with Gasteiger partial charge in [0.05, 0.1) is 18.6 Å². The molecule has 11 heteroatoms. The summed E-state index contributed by atoms with van der Waals surface area (Å²) in [6, 6.07) is 9.23. The third-order valence-corrected chi connectivity index (χ3v) is 4.86. The summed E-state index contributed by atoms with van der Waals surface area (Å²) in [7, 11) is 3.10. The molecule has 0 bridgehead atoms. The Kier molecular flexibility index (Phi) is 5.06. The second-order valence-electron chi connectivity index (χ2n) is 6.91. The number of fused-ring (bicyclic) bond motifs is 1. The normalized spacial score (nSPS) is 17.1. The van der Waals surface area contributed by atoms with Gasteiger partial charge in [0.2, 0.25) is 6.35 Å². The first kappa shape index (κ1) is 19.7. The molecule has 4 rings (SSSR count). The highest BCUT2D eigenvalue weighted by molar-refractivity contribution is 5.99. The molecule has 2 unspecified atom stereocenters. The van der Waals surface area contributed by atoms with Crippen LogP contribution >= 0.6 is 0 Å². The van der Waals surface area contributed by atoms with Crippen LogP contribution in [0, 0.1) is 5.82 Å². The maximum absolute atomic E-state index is 13.0. The van der Waals surface area contributed by atoms with Crippen molar-refractivity contribution < 1.29 is 19.4 Å². The topological polar surface area (TPSA) is 120 Å². The van der Waals surface area contributed by atoms with E-state index in [0.29, 0.717) is 17.3 Å². The van der Waals surface area contributed by atoms with Crippen LogP contribution in [0.4, 0.5) is 16.0 Å². The van der Waals surface area contributed by atoms with Gasteiger partial charge in [0, 0.05) is 19.7 Å². The van der Waals surface area contributed by atoms with E-state index in [0.717, 1.165) is 5.56 Å². The van der Waals surface area contributed by atoms with E-state index in [1.54, 1.807) is 31.3 Å². The van der Waals surface area contributed by atoms with Crippen molar-refractivity contribution in [1.29, 1.82) is 0 Å². The smallest absolute Gasteiger partial charge is 0.277 e. The number of nitrogens with one attached hydrogen (secondary N) is 1. The number of amides is 1. The largest absolute Gasteiger partial charge is 0.372 e. The van der Waals surface area contributed by atoms with E-state index in [1.807, 2.05) is 0 Å². The molecule has 1 aromatic carbocycles. The first-order valence-corrected chi connectivity index (χ1v) is 9.12. The van der Waals surface area contributed by atoms with Crippen LogP contribution in [0.25, 0.3) is 11.3 Å². The zero-order valence-electron chi connectivity index (χ0n) is 16.3. The fourth-order valence-electron chi connectivity index (χ4n) is 3.21. The predicted molar refractivity (Wildman–Crippen MR) is 106 cm³/mol. The van der Waals surface area contributed by atoms with Gasteiger partial charge in [-0.15, -0.1) is 10.2 Å². The Bertz CT molecular complexity index is 1050. The standard InChI is InChI=1S/C19H20FN7O3/c1-25-17-16(18(29)26(2)19(25)30)27(10-21-17)9-15(28)22-14-8-7-13(23-24-14)11-3-5-12(20)6-4-11/h3-8,10,15,19,28,30H,9H2,1-2H3,(H,22,24). The number of carbonyl (C=O) groups excluding carboxylic acids is 1. The van der Waals surface area contributed by atoms with E-state index in [9.17, 15) is 19.4 Å². The second kappa shape index (κ2) is 7.69. The molecule has 0 aliphatic carbocycles. The number of benzene rings is 1. The number of halogens is 1.